The molecule has 27 heavy (non-hydrogen) atoms. The Balaban J connectivity index is 0.00000210. The van der Waals surface area contributed by atoms with Crippen LogP contribution >= 0.6 is 24.0 Å². The van der Waals surface area contributed by atoms with E-state index in [0.717, 1.165) is 56.5 Å². The molecule has 2 N–H and O–H groups in total. The number of rotatable bonds is 4. The van der Waals surface area contributed by atoms with Crippen molar-refractivity contribution in [3.8, 4) is 0 Å². The van der Waals surface area contributed by atoms with Gasteiger partial charge in [-0.25, -0.2) is 0 Å². The van der Waals surface area contributed by atoms with Crippen molar-refractivity contribution in [3.05, 3.63) is 34.9 Å². The molecule has 0 radical (unpaired) electrons. The molecule has 1 saturated heterocycles. The molecule has 2 aliphatic carbocycles. The van der Waals surface area contributed by atoms with Gasteiger partial charge in [-0.15, -0.1) is 12.4 Å². The van der Waals surface area contributed by atoms with Crippen LogP contribution in [0.3, 0.4) is 0 Å². The molecule has 0 bridgehead atoms. The summed E-state index contributed by atoms with van der Waals surface area (Å²) >= 11 is 6.32. The number of nitrogens with one attached hydrogen (secondary N) is 1. The summed E-state index contributed by atoms with van der Waals surface area (Å²) in [6, 6.07) is 8.23. The van der Waals surface area contributed by atoms with Crippen LogP contribution in [0.2, 0.25) is 5.02 Å². The first kappa shape index (κ1) is 21.4. The maximum atomic E-state index is 11.9. The van der Waals surface area contributed by atoms with E-state index >= 15 is 0 Å². The van der Waals surface area contributed by atoms with E-state index in [9.17, 15) is 5.11 Å². The second-order valence-corrected chi connectivity index (χ2v) is 9.25. The largest absolute Gasteiger partial charge is 0.389 e. The molecule has 152 valence electrons. The van der Waals surface area contributed by atoms with Gasteiger partial charge in [-0.2, -0.15) is 0 Å². The molecule has 0 aromatic heterocycles. The summed E-state index contributed by atoms with van der Waals surface area (Å²) in [6.45, 7) is 5.17. The zero-order valence-electron chi connectivity index (χ0n) is 16.2. The molecule has 0 amide bonds. The van der Waals surface area contributed by atoms with Crippen LogP contribution in [0.15, 0.2) is 24.3 Å². The molecule has 4 rings (SSSR count). The Kier molecular flexibility index (Phi) is 7.49. The smallest absolute Gasteiger partial charge is 0.0731 e. The van der Waals surface area contributed by atoms with E-state index in [-0.39, 0.29) is 18.3 Å². The SMILES string of the molecule is Cl.OC1(C(CN2CCNCC2)c2cccc(Cl)c2)CCC2CCCCC2C1. The van der Waals surface area contributed by atoms with Crippen LogP contribution in [-0.4, -0.2) is 48.3 Å². The Bertz CT molecular complexity index is 608. The van der Waals surface area contributed by atoms with Crippen LogP contribution in [0, 0.1) is 11.8 Å². The summed E-state index contributed by atoms with van der Waals surface area (Å²) in [5, 5.41) is 16.1. The van der Waals surface area contributed by atoms with E-state index in [1.54, 1.807) is 0 Å². The highest BCUT2D eigenvalue weighted by Crippen LogP contribution is 2.49. The fourth-order valence-electron chi connectivity index (χ4n) is 5.70. The molecule has 1 heterocycles. The lowest BCUT2D eigenvalue weighted by atomic mass is 9.61. The van der Waals surface area contributed by atoms with Crippen molar-refractivity contribution in [2.24, 2.45) is 11.8 Å². The molecule has 4 atom stereocenters. The summed E-state index contributed by atoms with van der Waals surface area (Å²) in [6.07, 6.45) is 8.52. The highest BCUT2D eigenvalue weighted by atomic mass is 35.5. The minimum atomic E-state index is -0.589. The summed E-state index contributed by atoms with van der Waals surface area (Å²) in [5.41, 5.74) is 0.626. The summed E-state index contributed by atoms with van der Waals surface area (Å²) in [7, 11) is 0. The molecule has 4 unspecified atom stereocenters. The van der Waals surface area contributed by atoms with Crippen LogP contribution < -0.4 is 5.32 Å². The normalized spacial score (nSPS) is 33.0. The third kappa shape index (κ3) is 5.00. The number of nitrogens with zero attached hydrogens (tertiary/aromatic N) is 1. The lowest BCUT2D eigenvalue weighted by Crippen LogP contribution is -2.51. The van der Waals surface area contributed by atoms with Crippen molar-refractivity contribution in [2.45, 2.75) is 56.5 Å². The molecule has 1 aromatic rings. The number of piperazine rings is 1. The van der Waals surface area contributed by atoms with Gasteiger partial charge in [-0.1, -0.05) is 49.4 Å². The van der Waals surface area contributed by atoms with E-state index in [1.807, 2.05) is 12.1 Å². The van der Waals surface area contributed by atoms with Gasteiger partial charge in [0.25, 0.3) is 0 Å². The first-order valence-electron chi connectivity index (χ1n) is 10.5. The predicted octanol–water partition coefficient (Wildman–Crippen LogP) is 4.47. The molecule has 3 fully saturated rings. The number of halogens is 2. The zero-order valence-corrected chi connectivity index (χ0v) is 17.8. The highest BCUT2D eigenvalue weighted by molar-refractivity contribution is 6.30. The van der Waals surface area contributed by atoms with Crippen LogP contribution in [0.25, 0.3) is 0 Å². The third-order valence-corrected chi connectivity index (χ3v) is 7.42. The summed E-state index contributed by atoms with van der Waals surface area (Å²) in [5.74, 6) is 1.72. The standard InChI is InChI=1S/C22H33ClN2O.ClH/c23-20-7-3-6-18(14-20)21(16-25-12-10-24-11-13-25)22(26)9-8-17-4-1-2-5-19(17)15-22;/h3,6-7,14,17,19,21,24,26H,1-2,4-5,8-13,15-16H2;1H. The second-order valence-electron chi connectivity index (χ2n) is 8.81. The first-order valence-corrected chi connectivity index (χ1v) is 10.9. The number of fused-ring (bicyclic) bond motifs is 1. The van der Waals surface area contributed by atoms with Gasteiger partial charge in [0.15, 0.2) is 0 Å². The van der Waals surface area contributed by atoms with Gasteiger partial charge in [-0.3, -0.25) is 0 Å². The number of benzene rings is 1. The predicted molar refractivity (Wildman–Crippen MR) is 115 cm³/mol. The van der Waals surface area contributed by atoms with Gasteiger partial charge >= 0.3 is 0 Å². The van der Waals surface area contributed by atoms with E-state index in [1.165, 1.54) is 37.7 Å². The quantitative estimate of drug-likeness (QED) is 0.765. The Morgan fingerprint density at radius 1 is 1.15 bits per heavy atom. The maximum absolute atomic E-state index is 11.9. The molecule has 3 aliphatic rings. The topological polar surface area (TPSA) is 35.5 Å². The van der Waals surface area contributed by atoms with E-state index in [2.05, 4.69) is 22.3 Å². The average Bonchev–Trinajstić information content (AvgIpc) is 2.67. The fourth-order valence-corrected chi connectivity index (χ4v) is 5.90. The summed E-state index contributed by atoms with van der Waals surface area (Å²) < 4.78 is 0. The number of hydrogen-bond donors (Lipinski definition) is 2. The van der Waals surface area contributed by atoms with Gasteiger partial charge in [0.05, 0.1) is 5.60 Å². The molecule has 2 saturated carbocycles. The lowest BCUT2D eigenvalue weighted by molar-refractivity contribution is -0.0711. The maximum Gasteiger partial charge on any atom is 0.0731 e. The third-order valence-electron chi connectivity index (χ3n) is 7.18. The average molecular weight is 413 g/mol. The molecule has 1 aliphatic heterocycles. The van der Waals surface area contributed by atoms with Crippen LogP contribution in [0.5, 0.6) is 0 Å². The van der Waals surface area contributed by atoms with Crippen LogP contribution in [-0.2, 0) is 0 Å². The van der Waals surface area contributed by atoms with E-state index < -0.39 is 5.60 Å². The zero-order chi connectivity index (χ0) is 18.0. The van der Waals surface area contributed by atoms with Crippen LogP contribution in [0.1, 0.15) is 56.4 Å². The highest BCUT2D eigenvalue weighted by Gasteiger charge is 2.46. The van der Waals surface area contributed by atoms with Gasteiger partial charge in [0, 0.05) is 43.7 Å². The monoisotopic (exact) mass is 412 g/mol. The summed E-state index contributed by atoms with van der Waals surface area (Å²) in [4.78, 5) is 2.52. The molecular weight excluding hydrogens is 379 g/mol. The molecular formula is C22H34Cl2N2O. The number of aliphatic hydroxyl groups is 1. The molecule has 3 nitrogen and oxygen atoms in total. The minimum Gasteiger partial charge on any atom is -0.389 e. The van der Waals surface area contributed by atoms with Gasteiger partial charge in [0.2, 0.25) is 0 Å². The van der Waals surface area contributed by atoms with Gasteiger partial charge < -0.3 is 15.3 Å². The molecule has 5 heteroatoms. The number of hydrogen-bond acceptors (Lipinski definition) is 3. The van der Waals surface area contributed by atoms with Gasteiger partial charge in [0.1, 0.15) is 0 Å². The van der Waals surface area contributed by atoms with E-state index in [4.69, 9.17) is 11.6 Å². The van der Waals surface area contributed by atoms with Crippen LogP contribution in [0.4, 0.5) is 0 Å². The van der Waals surface area contributed by atoms with Crippen molar-refractivity contribution in [1.82, 2.24) is 10.2 Å². The van der Waals surface area contributed by atoms with Gasteiger partial charge in [-0.05, 0) is 48.8 Å². The van der Waals surface area contributed by atoms with Crippen molar-refractivity contribution in [3.63, 3.8) is 0 Å². The molecule has 0 spiro atoms. The van der Waals surface area contributed by atoms with Crippen molar-refractivity contribution in [1.29, 1.82) is 0 Å². The van der Waals surface area contributed by atoms with Crippen molar-refractivity contribution in [2.75, 3.05) is 32.7 Å². The Morgan fingerprint density at radius 2 is 1.89 bits per heavy atom. The Labute approximate surface area is 175 Å². The Hall–Kier alpha value is -0.320. The minimum absolute atomic E-state index is 0. The van der Waals surface area contributed by atoms with Crippen molar-refractivity contribution < 1.29 is 5.11 Å². The fraction of sp³-hybridized carbons (Fsp3) is 0.727. The first-order chi connectivity index (χ1) is 12.6. The Morgan fingerprint density at radius 3 is 2.63 bits per heavy atom. The second kappa shape index (κ2) is 9.45. The van der Waals surface area contributed by atoms with Crippen molar-refractivity contribution >= 4 is 24.0 Å². The molecule has 1 aromatic carbocycles. The lowest BCUT2D eigenvalue weighted by Gasteiger charge is -2.48. The van der Waals surface area contributed by atoms with E-state index in [0.29, 0.717) is 5.92 Å².